The van der Waals surface area contributed by atoms with Crippen molar-refractivity contribution in [2.75, 3.05) is 0 Å². The van der Waals surface area contributed by atoms with Crippen LogP contribution in [-0.2, 0) is 0 Å². The Labute approximate surface area is 253 Å². The summed E-state index contributed by atoms with van der Waals surface area (Å²) in [5, 5.41) is 1.02. The van der Waals surface area contributed by atoms with Crippen LogP contribution in [-0.4, -0.2) is 26.5 Å². The van der Waals surface area contributed by atoms with Crippen molar-refractivity contribution >= 4 is 80.0 Å². The number of carbonyl (C=O) groups excluding carboxylic acids is 2. The monoisotopic (exact) mass is 693 g/mol. The van der Waals surface area contributed by atoms with Gasteiger partial charge in [-0.15, -0.1) is 22.7 Å². The molecule has 38 heavy (non-hydrogen) atoms. The summed E-state index contributed by atoms with van der Waals surface area (Å²) in [7, 11) is 0. The molecule has 0 N–H and O–H groups in total. The van der Waals surface area contributed by atoms with Crippen molar-refractivity contribution in [1.82, 2.24) is 15.0 Å². The van der Waals surface area contributed by atoms with Crippen LogP contribution in [0.2, 0.25) is 10.3 Å². The highest BCUT2D eigenvalue weighted by atomic mass is 127. The van der Waals surface area contributed by atoms with Gasteiger partial charge in [0.2, 0.25) is 0 Å². The molecule has 0 radical (unpaired) electrons. The summed E-state index contributed by atoms with van der Waals surface area (Å²) in [5.41, 5.74) is 3.11. The minimum Gasteiger partial charge on any atom is -0.294 e. The molecule has 5 aromatic rings. The topological polar surface area (TPSA) is 72.8 Å². The van der Waals surface area contributed by atoms with E-state index in [4.69, 9.17) is 23.2 Å². The number of carbonyl (C=O) groups is 2. The first-order chi connectivity index (χ1) is 18.1. The van der Waals surface area contributed by atoms with Crippen LogP contribution in [0.5, 0.6) is 0 Å². The van der Waals surface area contributed by atoms with Crippen LogP contribution in [0.25, 0.3) is 20.9 Å². The predicted molar refractivity (Wildman–Crippen MR) is 167 cm³/mol. The zero-order valence-corrected chi connectivity index (χ0v) is 25.9. The lowest BCUT2D eigenvalue weighted by molar-refractivity contribution is 0.101. The first-order valence-electron chi connectivity index (χ1n) is 11.2. The minimum absolute atomic E-state index is 0.0893. The molecule has 0 aliphatic heterocycles. The highest BCUT2D eigenvalue weighted by Gasteiger charge is 2.07. The van der Waals surface area contributed by atoms with Gasteiger partial charge in [0, 0.05) is 37.6 Å². The average molecular weight is 694 g/mol. The van der Waals surface area contributed by atoms with Gasteiger partial charge in [-0.05, 0) is 115 Å². The molecule has 0 aromatic carbocycles. The van der Waals surface area contributed by atoms with E-state index in [0.717, 1.165) is 39.9 Å². The van der Waals surface area contributed by atoms with E-state index >= 15 is 0 Å². The van der Waals surface area contributed by atoms with Crippen LogP contribution in [0.15, 0.2) is 79.3 Å². The van der Waals surface area contributed by atoms with Gasteiger partial charge in [-0.1, -0.05) is 23.2 Å². The van der Waals surface area contributed by atoms with Crippen LogP contribution in [0.4, 0.5) is 0 Å². The van der Waals surface area contributed by atoms with Gasteiger partial charge in [0.25, 0.3) is 0 Å². The van der Waals surface area contributed by atoms with Crippen molar-refractivity contribution < 1.29 is 9.59 Å². The summed E-state index contributed by atoms with van der Waals surface area (Å²) in [5.74, 6) is 0.212. The van der Waals surface area contributed by atoms with Crippen molar-refractivity contribution in [2.24, 2.45) is 0 Å². The van der Waals surface area contributed by atoms with Gasteiger partial charge in [-0.3, -0.25) is 14.6 Å². The van der Waals surface area contributed by atoms with Gasteiger partial charge in [-0.25, -0.2) is 9.97 Å². The first-order valence-corrected chi connectivity index (χ1v) is 14.6. The smallest absolute Gasteiger partial charge is 0.169 e. The lowest BCUT2D eigenvalue weighted by Crippen LogP contribution is -1.83. The van der Waals surface area contributed by atoms with Gasteiger partial charge in [0.1, 0.15) is 10.3 Å². The van der Waals surface area contributed by atoms with Crippen molar-refractivity contribution in [3.05, 3.63) is 109 Å². The molecule has 0 atom stereocenters. The number of rotatable bonds is 4. The fraction of sp³-hybridized carbons (Fsp3) is 0.107. The molecule has 0 amide bonds. The number of Topliss-reactive ketones (excluding diaryl/α,β-unsaturated/α-hetero) is 2. The summed E-state index contributed by atoms with van der Waals surface area (Å²) >= 11 is 16.5. The molecule has 5 heterocycles. The Morgan fingerprint density at radius 1 is 0.684 bits per heavy atom. The Morgan fingerprint density at radius 2 is 1.16 bits per heavy atom. The molecule has 10 heteroatoms. The zero-order valence-electron chi connectivity index (χ0n) is 20.6. The van der Waals surface area contributed by atoms with Gasteiger partial charge >= 0.3 is 0 Å². The molecule has 0 spiro atoms. The van der Waals surface area contributed by atoms with Gasteiger partial charge in [0.15, 0.2) is 11.6 Å². The minimum atomic E-state index is 0.0893. The molecule has 5 nitrogen and oxygen atoms in total. The van der Waals surface area contributed by atoms with E-state index < -0.39 is 0 Å². The molecule has 194 valence electrons. The predicted octanol–water partition coefficient (Wildman–Crippen LogP) is 9.33. The molecule has 0 fully saturated rings. The van der Waals surface area contributed by atoms with Gasteiger partial charge in [-0.2, -0.15) is 0 Å². The van der Waals surface area contributed by atoms with E-state index in [1.807, 2.05) is 61.5 Å². The number of hydrogen-bond acceptors (Lipinski definition) is 7. The zero-order chi connectivity index (χ0) is 27.7. The van der Waals surface area contributed by atoms with Crippen molar-refractivity contribution in [3.63, 3.8) is 0 Å². The number of nitrogens with zero attached hydrogens (tertiary/aromatic N) is 3. The number of aryl methyl sites for hydroxylation is 1. The Hall–Kier alpha value is -2.50. The molecule has 0 aliphatic carbocycles. The summed E-state index contributed by atoms with van der Waals surface area (Å²) in [6, 6.07) is 19.0. The Bertz CT molecular complexity index is 1440. The number of thiophene rings is 2. The second-order valence-corrected chi connectivity index (χ2v) is 12.0. The lowest BCUT2D eigenvalue weighted by Gasteiger charge is -1.97. The maximum Gasteiger partial charge on any atom is 0.169 e. The maximum atomic E-state index is 11.2. The molecule has 0 saturated carbocycles. The number of pyridine rings is 3. The van der Waals surface area contributed by atoms with Crippen molar-refractivity contribution in [1.29, 1.82) is 0 Å². The van der Waals surface area contributed by atoms with Gasteiger partial charge in [0.05, 0.1) is 9.75 Å². The third-order valence-corrected chi connectivity index (χ3v) is 8.34. The Kier molecular flexibility index (Phi) is 11.5. The van der Waals surface area contributed by atoms with E-state index in [-0.39, 0.29) is 11.6 Å². The third kappa shape index (κ3) is 9.36. The fourth-order valence-electron chi connectivity index (χ4n) is 3.00. The number of ketones is 2. The Morgan fingerprint density at radius 3 is 1.55 bits per heavy atom. The third-order valence-electron chi connectivity index (χ3n) is 4.79. The second-order valence-electron chi connectivity index (χ2n) is 7.79. The lowest BCUT2D eigenvalue weighted by atomic mass is 10.2. The van der Waals surface area contributed by atoms with E-state index in [1.165, 1.54) is 22.7 Å². The number of halogens is 3. The number of hydrogen-bond donors (Lipinski definition) is 0. The van der Waals surface area contributed by atoms with Crippen molar-refractivity contribution in [3.8, 4) is 20.9 Å². The molecule has 0 aliphatic rings. The van der Waals surface area contributed by atoms with Crippen molar-refractivity contribution in [2.45, 2.75) is 20.8 Å². The highest BCUT2D eigenvalue weighted by Crippen LogP contribution is 2.29. The standard InChI is InChI=1S/C12H11NOS.C11H8ClNOS.C5H3ClIN/c1-8-7-10(5-6-13-8)12-4-3-11(15-12)9(2)14;1-7(14)9-2-3-10(15-9)8-4-5-13-11(12)6-8;6-5-3-4(7)1-2-8-5/h3-7H,1-2H3;2-6H,1H3;1-3H. The molecular weight excluding hydrogens is 672 g/mol. The largest absolute Gasteiger partial charge is 0.294 e. The summed E-state index contributed by atoms with van der Waals surface area (Å²) in [6.07, 6.45) is 5.13. The highest BCUT2D eigenvalue weighted by molar-refractivity contribution is 14.1. The van der Waals surface area contributed by atoms with E-state index in [1.54, 1.807) is 38.5 Å². The fourth-order valence-corrected chi connectivity index (χ4v) is 5.78. The molecule has 0 saturated heterocycles. The van der Waals surface area contributed by atoms with Gasteiger partial charge < -0.3 is 0 Å². The van der Waals surface area contributed by atoms with Crippen LogP contribution in [0, 0.1) is 10.5 Å². The maximum absolute atomic E-state index is 11.2. The summed E-state index contributed by atoms with van der Waals surface area (Å²) < 4.78 is 1.11. The molecule has 0 bridgehead atoms. The van der Waals surface area contributed by atoms with Crippen LogP contribution in [0.3, 0.4) is 0 Å². The molecule has 0 unspecified atom stereocenters. The molecule has 5 rings (SSSR count). The average Bonchev–Trinajstić information content (AvgIpc) is 3.56. The Balaban J connectivity index is 0.000000166. The summed E-state index contributed by atoms with van der Waals surface area (Å²) in [4.78, 5) is 37.9. The normalized spacial score (nSPS) is 10.1. The molecule has 5 aromatic heterocycles. The van der Waals surface area contributed by atoms with E-state index in [9.17, 15) is 9.59 Å². The van der Waals surface area contributed by atoms with Crippen LogP contribution in [0.1, 0.15) is 38.9 Å². The molecular formula is C28H22Cl2IN3O2S2. The second kappa shape index (κ2) is 14.6. The van der Waals surface area contributed by atoms with Crippen LogP contribution >= 0.6 is 68.5 Å². The van der Waals surface area contributed by atoms with E-state index in [2.05, 4.69) is 37.5 Å². The number of aromatic nitrogens is 3. The quantitative estimate of drug-likeness (QED) is 0.107. The van der Waals surface area contributed by atoms with Crippen LogP contribution < -0.4 is 0 Å². The summed E-state index contributed by atoms with van der Waals surface area (Å²) in [6.45, 7) is 5.12. The first kappa shape index (κ1) is 30.0. The van der Waals surface area contributed by atoms with E-state index in [0.29, 0.717) is 10.3 Å². The SMILES string of the molecule is CC(=O)c1ccc(-c2ccnc(C)c2)s1.CC(=O)c1ccc(-c2ccnc(Cl)c2)s1.Clc1cc(I)ccn1.